The van der Waals surface area contributed by atoms with Gasteiger partial charge in [0.05, 0.1) is 0 Å². The molecule has 1 atom stereocenters. The van der Waals surface area contributed by atoms with Gasteiger partial charge in [0.2, 0.25) is 0 Å². The van der Waals surface area contributed by atoms with Crippen LogP contribution in [-0.2, 0) is 0 Å². The number of fused-ring (bicyclic) bond motifs is 1. The highest BCUT2D eigenvalue weighted by atomic mass is 19.1. The lowest BCUT2D eigenvalue weighted by molar-refractivity contribution is 0.0942. The number of nitrogens with two attached hydrogens (primary N) is 1. The molecule has 0 spiro atoms. The predicted molar refractivity (Wildman–Crippen MR) is 67.9 cm³/mol. The van der Waals surface area contributed by atoms with E-state index >= 15 is 0 Å². The van der Waals surface area contributed by atoms with E-state index in [1.807, 2.05) is 13.8 Å². The Morgan fingerprint density at radius 1 is 1.39 bits per heavy atom. The summed E-state index contributed by atoms with van der Waals surface area (Å²) in [5.74, 6) is -0.0172. The van der Waals surface area contributed by atoms with Gasteiger partial charge >= 0.3 is 0 Å². The molecule has 0 saturated heterocycles. The molecule has 0 fully saturated rings. The van der Waals surface area contributed by atoms with E-state index in [-0.39, 0.29) is 35.7 Å². The van der Waals surface area contributed by atoms with Crippen LogP contribution >= 0.6 is 0 Å². The summed E-state index contributed by atoms with van der Waals surface area (Å²) in [6.07, 6.45) is 0.236. The maximum atomic E-state index is 13.0. The zero-order valence-electron chi connectivity index (χ0n) is 10.4. The van der Waals surface area contributed by atoms with Gasteiger partial charge < -0.3 is 10.2 Å². The Hall–Kier alpha value is -1.68. The highest BCUT2D eigenvalue weighted by Gasteiger charge is 2.18. The molecule has 2 rings (SSSR count). The number of carbonyl (C=O) groups excluding carboxylic acids is 1. The number of carbonyl (C=O) groups is 1. The second kappa shape index (κ2) is 4.90. The lowest BCUT2D eigenvalue weighted by Gasteiger charge is -2.13. The van der Waals surface area contributed by atoms with Gasteiger partial charge in [-0.1, -0.05) is 13.8 Å². The van der Waals surface area contributed by atoms with Gasteiger partial charge in [0.15, 0.2) is 11.5 Å². The first-order valence-corrected chi connectivity index (χ1v) is 5.95. The predicted octanol–water partition coefficient (Wildman–Crippen LogP) is 3.13. The summed E-state index contributed by atoms with van der Waals surface area (Å²) >= 11 is 0. The molecular weight excluding hydrogens is 233 g/mol. The molecule has 1 unspecified atom stereocenters. The minimum Gasteiger partial charge on any atom is -0.453 e. The van der Waals surface area contributed by atoms with Gasteiger partial charge in [0.1, 0.15) is 11.4 Å². The number of hydrogen-bond acceptors (Lipinski definition) is 3. The van der Waals surface area contributed by atoms with Crippen LogP contribution in [0.15, 0.2) is 28.7 Å². The molecule has 1 heterocycles. The van der Waals surface area contributed by atoms with E-state index in [4.69, 9.17) is 10.2 Å². The average Bonchev–Trinajstić information content (AvgIpc) is 2.71. The smallest absolute Gasteiger partial charge is 0.199 e. The highest BCUT2D eigenvalue weighted by Crippen LogP contribution is 2.22. The topological polar surface area (TPSA) is 56.2 Å². The van der Waals surface area contributed by atoms with E-state index in [0.29, 0.717) is 11.0 Å². The van der Waals surface area contributed by atoms with Crippen LogP contribution < -0.4 is 5.73 Å². The largest absolute Gasteiger partial charge is 0.453 e. The van der Waals surface area contributed by atoms with Crippen LogP contribution in [0.25, 0.3) is 11.0 Å². The Labute approximate surface area is 105 Å². The van der Waals surface area contributed by atoms with Crippen molar-refractivity contribution in [2.45, 2.75) is 26.3 Å². The maximum absolute atomic E-state index is 13.0. The first kappa shape index (κ1) is 12.8. The summed E-state index contributed by atoms with van der Waals surface area (Å²) in [5, 5.41) is 0.594. The monoisotopic (exact) mass is 249 g/mol. The van der Waals surface area contributed by atoms with E-state index in [0.717, 1.165) is 0 Å². The molecule has 2 aromatic rings. The quantitative estimate of drug-likeness (QED) is 0.847. The van der Waals surface area contributed by atoms with Crippen molar-refractivity contribution in [1.29, 1.82) is 0 Å². The molecule has 4 heteroatoms. The molecular formula is C14H16FNO2. The SMILES string of the molecule is CC(C)C(N)CC(=O)c1cc2cc(F)ccc2o1. The summed E-state index contributed by atoms with van der Waals surface area (Å²) in [4.78, 5) is 11.9. The molecule has 3 nitrogen and oxygen atoms in total. The van der Waals surface area contributed by atoms with Crippen molar-refractivity contribution in [1.82, 2.24) is 0 Å². The average molecular weight is 249 g/mol. The number of benzene rings is 1. The molecule has 0 aliphatic carbocycles. The van der Waals surface area contributed by atoms with Crippen molar-refractivity contribution in [3.8, 4) is 0 Å². The van der Waals surface area contributed by atoms with Gasteiger partial charge in [-0.2, -0.15) is 0 Å². The lowest BCUT2D eigenvalue weighted by atomic mass is 9.99. The van der Waals surface area contributed by atoms with Crippen LogP contribution in [-0.4, -0.2) is 11.8 Å². The number of Topliss-reactive ketones (excluding diaryl/α,β-unsaturated/α-hetero) is 1. The summed E-state index contributed by atoms with van der Waals surface area (Å²) < 4.78 is 18.4. The summed E-state index contributed by atoms with van der Waals surface area (Å²) in [6.45, 7) is 3.93. The van der Waals surface area contributed by atoms with Gasteiger partial charge in [0, 0.05) is 17.8 Å². The Kier molecular flexibility index (Phi) is 3.48. The third-order valence-electron chi connectivity index (χ3n) is 3.03. The van der Waals surface area contributed by atoms with Crippen molar-refractivity contribution in [3.63, 3.8) is 0 Å². The maximum Gasteiger partial charge on any atom is 0.199 e. The second-order valence-electron chi connectivity index (χ2n) is 4.83. The molecule has 0 aliphatic rings. The molecule has 0 saturated carbocycles. The molecule has 18 heavy (non-hydrogen) atoms. The van der Waals surface area contributed by atoms with E-state index in [9.17, 15) is 9.18 Å². The van der Waals surface area contributed by atoms with Crippen LogP contribution in [0.2, 0.25) is 0 Å². The highest BCUT2D eigenvalue weighted by molar-refractivity contribution is 5.97. The Morgan fingerprint density at radius 2 is 2.11 bits per heavy atom. The van der Waals surface area contributed by atoms with Crippen molar-refractivity contribution >= 4 is 16.8 Å². The van der Waals surface area contributed by atoms with Crippen molar-refractivity contribution in [3.05, 3.63) is 35.8 Å². The van der Waals surface area contributed by atoms with Crippen LogP contribution in [0.1, 0.15) is 30.8 Å². The fourth-order valence-electron chi connectivity index (χ4n) is 1.70. The van der Waals surface area contributed by atoms with Crippen molar-refractivity contribution < 1.29 is 13.6 Å². The molecule has 0 aliphatic heterocycles. The summed E-state index contributed by atoms with van der Waals surface area (Å²) in [6, 6.07) is 5.54. The fraction of sp³-hybridized carbons (Fsp3) is 0.357. The normalized spacial score (nSPS) is 13.2. The van der Waals surface area contributed by atoms with E-state index in [1.165, 1.54) is 18.2 Å². The van der Waals surface area contributed by atoms with E-state index in [1.54, 1.807) is 6.07 Å². The van der Waals surface area contributed by atoms with E-state index < -0.39 is 0 Å². The van der Waals surface area contributed by atoms with Crippen molar-refractivity contribution in [2.24, 2.45) is 11.7 Å². The minimum absolute atomic E-state index is 0.146. The molecule has 1 aromatic carbocycles. The molecule has 2 N–H and O–H groups in total. The first-order valence-electron chi connectivity index (χ1n) is 5.95. The number of ketones is 1. The summed E-state index contributed by atoms with van der Waals surface area (Å²) in [7, 11) is 0. The van der Waals surface area contributed by atoms with Crippen LogP contribution in [0, 0.1) is 11.7 Å². The molecule has 1 aromatic heterocycles. The number of furan rings is 1. The zero-order chi connectivity index (χ0) is 13.3. The van der Waals surface area contributed by atoms with Crippen LogP contribution in [0.4, 0.5) is 4.39 Å². The van der Waals surface area contributed by atoms with Gasteiger partial charge in [-0.25, -0.2) is 4.39 Å². The fourth-order valence-corrected chi connectivity index (χ4v) is 1.70. The zero-order valence-corrected chi connectivity index (χ0v) is 10.4. The van der Waals surface area contributed by atoms with Gasteiger partial charge in [-0.3, -0.25) is 4.79 Å². The van der Waals surface area contributed by atoms with Gasteiger partial charge in [0.25, 0.3) is 0 Å². The molecule has 0 amide bonds. The Morgan fingerprint density at radius 3 is 2.78 bits per heavy atom. The van der Waals surface area contributed by atoms with E-state index in [2.05, 4.69) is 0 Å². The Balaban J connectivity index is 2.23. The standard InChI is InChI=1S/C14H16FNO2/c1-8(2)11(16)7-12(17)14-6-9-5-10(15)3-4-13(9)18-14/h3-6,8,11H,7,16H2,1-2H3. The number of halogens is 1. The summed E-state index contributed by atoms with van der Waals surface area (Å²) in [5.41, 5.74) is 6.36. The minimum atomic E-state index is -0.346. The Bertz CT molecular complexity index is 574. The third kappa shape index (κ3) is 2.59. The molecule has 96 valence electrons. The van der Waals surface area contributed by atoms with Crippen LogP contribution in [0.5, 0.6) is 0 Å². The van der Waals surface area contributed by atoms with Gasteiger partial charge in [-0.05, 0) is 30.2 Å². The lowest BCUT2D eigenvalue weighted by Crippen LogP contribution is -2.29. The number of rotatable bonds is 4. The second-order valence-corrected chi connectivity index (χ2v) is 4.83. The van der Waals surface area contributed by atoms with Crippen molar-refractivity contribution in [2.75, 3.05) is 0 Å². The number of hydrogen-bond donors (Lipinski definition) is 1. The third-order valence-corrected chi connectivity index (χ3v) is 3.03. The molecule has 0 bridgehead atoms. The van der Waals surface area contributed by atoms with Gasteiger partial charge in [-0.15, -0.1) is 0 Å². The first-order chi connectivity index (χ1) is 8.47. The molecule has 0 radical (unpaired) electrons. The van der Waals surface area contributed by atoms with Crippen LogP contribution in [0.3, 0.4) is 0 Å².